The number of aromatic nitrogens is 1. The third-order valence-corrected chi connectivity index (χ3v) is 4.75. The number of aryl methyl sites for hydroxylation is 1. The monoisotopic (exact) mass is 339 g/mol. The van der Waals surface area contributed by atoms with Crippen LogP contribution in [0.4, 0.5) is 5.13 Å². The van der Waals surface area contributed by atoms with Crippen molar-refractivity contribution in [2.75, 3.05) is 11.6 Å². The zero-order chi connectivity index (χ0) is 16.3. The van der Waals surface area contributed by atoms with Gasteiger partial charge in [0.25, 0.3) is 0 Å². The first-order valence-electron chi connectivity index (χ1n) is 6.57. The molecule has 6 nitrogen and oxygen atoms in total. The van der Waals surface area contributed by atoms with E-state index in [-0.39, 0.29) is 0 Å². The number of benzene rings is 1. The number of anilines is 1. The van der Waals surface area contributed by atoms with Gasteiger partial charge in [-0.1, -0.05) is 41.7 Å². The lowest BCUT2D eigenvalue weighted by molar-refractivity contribution is -0.117. The predicted molar refractivity (Wildman–Crippen MR) is 88.4 cm³/mol. The summed E-state index contributed by atoms with van der Waals surface area (Å²) in [6.07, 6.45) is 1.01. The number of amides is 1. The molecule has 8 heteroatoms. The van der Waals surface area contributed by atoms with Gasteiger partial charge in [0, 0.05) is 0 Å². The van der Waals surface area contributed by atoms with Crippen molar-refractivity contribution in [2.45, 2.75) is 19.9 Å². The summed E-state index contributed by atoms with van der Waals surface area (Å²) >= 11 is 1.36. The van der Waals surface area contributed by atoms with E-state index in [2.05, 4.69) is 15.0 Å². The van der Waals surface area contributed by atoms with Crippen LogP contribution in [0, 0.1) is 6.92 Å². The largest absolute Gasteiger partial charge is 0.301 e. The lowest BCUT2D eigenvalue weighted by Crippen LogP contribution is -2.40. The van der Waals surface area contributed by atoms with Crippen LogP contribution in [0.2, 0.25) is 0 Å². The Bertz CT molecular complexity index is 770. The van der Waals surface area contributed by atoms with Crippen molar-refractivity contribution in [3.63, 3.8) is 0 Å². The van der Waals surface area contributed by atoms with Gasteiger partial charge in [-0.3, -0.25) is 4.79 Å². The topological polar surface area (TPSA) is 88.2 Å². The number of hydrogen-bond acceptors (Lipinski definition) is 5. The molecule has 2 N–H and O–H groups in total. The molecule has 0 saturated heterocycles. The van der Waals surface area contributed by atoms with Crippen LogP contribution < -0.4 is 10.0 Å². The summed E-state index contributed by atoms with van der Waals surface area (Å²) in [4.78, 5) is 17.3. The molecule has 0 aliphatic carbocycles. The fourth-order valence-electron chi connectivity index (χ4n) is 1.90. The molecular weight excluding hydrogens is 322 g/mol. The SMILES string of the molecule is Cc1nc(NC(=O)[C@H](C)NS(C)(=O)=O)sc1-c1ccccc1. The molecule has 118 valence electrons. The molecule has 1 aromatic heterocycles. The number of thiazole rings is 1. The Morgan fingerprint density at radius 1 is 1.27 bits per heavy atom. The fraction of sp³-hybridized carbons (Fsp3) is 0.286. The van der Waals surface area contributed by atoms with E-state index in [4.69, 9.17) is 0 Å². The molecule has 2 aromatic rings. The highest BCUT2D eigenvalue weighted by Gasteiger charge is 2.19. The van der Waals surface area contributed by atoms with Crippen molar-refractivity contribution in [3.05, 3.63) is 36.0 Å². The van der Waals surface area contributed by atoms with E-state index in [9.17, 15) is 13.2 Å². The van der Waals surface area contributed by atoms with Crippen molar-refractivity contribution >= 4 is 32.4 Å². The molecule has 1 aromatic carbocycles. The van der Waals surface area contributed by atoms with Gasteiger partial charge >= 0.3 is 0 Å². The normalized spacial score (nSPS) is 12.9. The van der Waals surface area contributed by atoms with Gasteiger partial charge in [-0.15, -0.1) is 0 Å². The first-order chi connectivity index (χ1) is 10.3. The molecule has 0 radical (unpaired) electrons. The van der Waals surface area contributed by atoms with E-state index >= 15 is 0 Å². The Morgan fingerprint density at radius 3 is 2.50 bits per heavy atom. The molecule has 0 bridgehead atoms. The Morgan fingerprint density at radius 2 is 1.91 bits per heavy atom. The molecule has 2 rings (SSSR count). The van der Waals surface area contributed by atoms with Crippen LogP contribution in [0.15, 0.2) is 30.3 Å². The Labute approximate surface area is 133 Å². The van der Waals surface area contributed by atoms with Gasteiger partial charge in [-0.25, -0.2) is 18.1 Å². The van der Waals surface area contributed by atoms with Crippen molar-refractivity contribution in [1.82, 2.24) is 9.71 Å². The maximum Gasteiger partial charge on any atom is 0.244 e. The van der Waals surface area contributed by atoms with Crippen LogP contribution >= 0.6 is 11.3 Å². The summed E-state index contributed by atoms with van der Waals surface area (Å²) in [5, 5.41) is 3.08. The molecule has 0 saturated carbocycles. The second-order valence-electron chi connectivity index (χ2n) is 4.90. The quantitative estimate of drug-likeness (QED) is 0.872. The Hall–Kier alpha value is -1.77. The van der Waals surface area contributed by atoms with Gasteiger partial charge in [0.1, 0.15) is 0 Å². The van der Waals surface area contributed by atoms with E-state index in [1.54, 1.807) is 0 Å². The lowest BCUT2D eigenvalue weighted by Gasteiger charge is -2.10. The highest BCUT2D eigenvalue weighted by Crippen LogP contribution is 2.32. The standard InChI is InChI=1S/C14H17N3O3S2/c1-9-12(11-7-5-4-6-8-11)21-14(15-9)16-13(18)10(2)17-22(3,19)20/h4-8,10,17H,1-3H3,(H,15,16,18)/t10-/m0/s1. The van der Waals surface area contributed by atoms with E-state index in [0.717, 1.165) is 22.4 Å². The molecule has 0 unspecified atom stereocenters. The highest BCUT2D eigenvalue weighted by molar-refractivity contribution is 7.88. The van der Waals surface area contributed by atoms with Gasteiger partial charge < -0.3 is 5.32 Å². The third kappa shape index (κ3) is 4.36. The van der Waals surface area contributed by atoms with E-state index in [1.165, 1.54) is 18.3 Å². The summed E-state index contributed by atoms with van der Waals surface area (Å²) in [7, 11) is -3.43. The van der Waals surface area contributed by atoms with Crippen LogP contribution in [-0.4, -0.2) is 31.6 Å². The molecule has 22 heavy (non-hydrogen) atoms. The zero-order valence-electron chi connectivity index (χ0n) is 12.5. The highest BCUT2D eigenvalue weighted by atomic mass is 32.2. The average molecular weight is 339 g/mol. The second kappa shape index (κ2) is 6.55. The maximum atomic E-state index is 12.0. The minimum Gasteiger partial charge on any atom is -0.301 e. The minimum absolute atomic E-state index is 0.446. The van der Waals surface area contributed by atoms with E-state index in [0.29, 0.717) is 5.13 Å². The average Bonchev–Trinajstić information content (AvgIpc) is 2.78. The van der Waals surface area contributed by atoms with Crippen molar-refractivity contribution < 1.29 is 13.2 Å². The Kier molecular flexibility index (Phi) is 4.94. The molecule has 0 aliphatic heterocycles. The van der Waals surface area contributed by atoms with Crippen molar-refractivity contribution in [2.24, 2.45) is 0 Å². The number of carbonyl (C=O) groups excluding carboxylic acids is 1. The van der Waals surface area contributed by atoms with Crippen molar-refractivity contribution in [1.29, 1.82) is 0 Å². The van der Waals surface area contributed by atoms with Gasteiger partial charge in [0.2, 0.25) is 15.9 Å². The molecule has 0 fully saturated rings. The van der Waals surface area contributed by atoms with Gasteiger partial charge in [-0.2, -0.15) is 0 Å². The number of hydrogen-bond donors (Lipinski definition) is 2. The zero-order valence-corrected chi connectivity index (χ0v) is 14.1. The molecule has 0 spiro atoms. The summed E-state index contributed by atoms with van der Waals surface area (Å²) < 4.78 is 24.5. The van der Waals surface area contributed by atoms with Crippen LogP contribution in [0.5, 0.6) is 0 Å². The van der Waals surface area contributed by atoms with Crippen LogP contribution in [0.1, 0.15) is 12.6 Å². The lowest BCUT2D eigenvalue weighted by atomic mass is 10.2. The molecule has 1 atom stereocenters. The van der Waals surface area contributed by atoms with Crippen LogP contribution in [0.3, 0.4) is 0 Å². The van der Waals surface area contributed by atoms with Gasteiger partial charge in [0.05, 0.1) is 22.9 Å². The minimum atomic E-state index is -3.43. The summed E-state index contributed by atoms with van der Waals surface area (Å²) in [6, 6.07) is 8.89. The third-order valence-electron chi connectivity index (χ3n) is 2.85. The van der Waals surface area contributed by atoms with Gasteiger partial charge in [-0.05, 0) is 19.4 Å². The van der Waals surface area contributed by atoms with Crippen LogP contribution in [0.25, 0.3) is 10.4 Å². The second-order valence-corrected chi connectivity index (χ2v) is 7.68. The fourth-order valence-corrected chi connectivity index (χ4v) is 3.62. The smallest absolute Gasteiger partial charge is 0.244 e. The van der Waals surface area contributed by atoms with E-state index in [1.807, 2.05) is 37.3 Å². The molecule has 0 aliphatic rings. The molecule has 1 heterocycles. The first kappa shape index (κ1) is 16.6. The first-order valence-corrected chi connectivity index (χ1v) is 9.28. The number of nitrogens with one attached hydrogen (secondary N) is 2. The maximum absolute atomic E-state index is 12.0. The number of nitrogens with zero attached hydrogens (tertiary/aromatic N) is 1. The number of carbonyl (C=O) groups is 1. The van der Waals surface area contributed by atoms with Crippen molar-refractivity contribution in [3.8, 4) is 10.4 Å². The van der Waals surface area contributed by atoms with Gasteiger partial charge in [0.15, 0.2) is 5.13 Å². The summed E-state index contributed by atoms with van der Waals surface area (Å²) in [6.45, 7) is 3.35. The molecule has 1 amide bonds. The Balaban J connectivity index is 2.13. The van der Waals surface area contributed by atoms with Crippen LogP contribution in [-0.2, 0) is 14.8 Å². The summed E-state index contributed by atoms with van der Waals surface area (Å²) in [5.74, 6) is -0.446. The number of sulfonamides is 1. The molecular formula is C14H17N3O3S2. The summed E-state index contributed by atoms with van der Waals surface area (Å²) in [5.41, 5.74) is 1.84. The number of rotatable bonds is 5. The predicted octanol–water partition coefficient (Wildman–Crippen LogP) is 1.99. The van der Waals surface area contributed by atoms with E-state index < -0.39 is 22.0 Å².